The van der Waals surface area contributed by atoms with Gasteiger partial charge in [0.2, 0.25) is 0 Å². The zero-order valence-corrected chi connectivity index (χ0v) is 28.5. The van der Waals surface area contributed by atoms with E-state index in [1.807, 2.05) is 6.33 Å². The zero-order valence-electron chi connectivity index (χ0n) is 28.5. The van der Waals surface area contributed by atoms with Crippen LogP contribution < -0.4 is 0 Å². The van der Waals surface area contributed by atoms with E-state index in [2.05, 4.69) is 35.3 Å². The van der Waals surface area contributed by atoms with Gasteiger partial charge in [0.05, 0.1) is 6.67 Å². The molecule has 0 spiro atoms. The van der Waals surface area contributed by atoms with Crippen molar-refractivity contribution >= 4 is 0 Å². The maximum atomic E-state index is 4.87. The van der Waals surface area contributed by atoms with E-state index in [4.69, 9.17) is 5.10 Å². The Balaban J connectivity index is 2.29. The lowest BCUT2D eigenvalue weighted by Gasteiger charge is -2.22. The van der Waals surface area contributed by atoms with Crippen molar-refractivity contribution in [1.82, 2.24) is 19.7 Å². The fraction of sp³-hybridized carbons (Fsp3) is 0.946. The Morgan fingerprint density at radius 2 is 0.805 bits per heavy atom. The Morgan fingerprint density at radius 3 is 1.20 bits per heavy atom. The van der Waals surface area contributed by atoms with Crippen LogP contribution in [-0.2, 0) is 13.1 Å². The fourth-order valence-corrected chi connectivity index (χ4v) is 6.04. The van der Waals surface area contributed by atoms with Crippen molar-refractivity contribution in [2.75, 3.05) is 13.1 Å². The van der Waals surface area contributed by atoms with Crippen LogP contribution >= 0.6 is 0 Å². The van der Waals surface area contributed by atoms with Crippen LogP contribution in [0.4, 0.5) is 0 Å². The van der Waals surface area contributed by atoms with Crippen molar-refractivity contribution in [2.45, 2.75) is 214 Å². The van der Waals surface area contributed by atoms with Crippen LogP contribution in [0.3, 0.4) is 0 Å². The highest BCUT2D eigenvalue weighted by Gasteiger charge is 2.08. The molecule has 1 heterocycles. The normalized spacial score (nSPS) is 11.7. The molecule has 0 N–H and O–H groups in total. The summed E-state index contributed by atoms with van der Waals surface area (Å²) in [5, 5.41) is 4.87. The minimum atomic E-state index is 0.916. The molecule has 0 aliphatic carbocycles. The highest BCUT2D eigenvalue weighted by atomic mass is 15.4. The molecule has 0 amide bonds. The van der Waals surface area contributed by atoms with E-state index < -0.39 is 0 Å². The summed E-state index contributed by atoms with van der Waals surface area (Å²) in [4.78, 5) is 7.32. The number of unbranched alkanes of at least 4 members (excludes halogenated alkanes) is 25. The molecule has 0 aliphatic heterocycles. The van der Waals surface area contributed by atoms with Gasteiger partial charge >= 0.3 is 0 Å². The molecule has 4 heteroatoms. The van der Waals surface area contributed by atoms with E-state index in [1.165, 1.54) is 193 Å². The molecule has 0 radical (unpaired) electrons. The average Bonchev–Trinajstić information content (AvgIpc) is 3.43. The highest BCUT2D eigenvalue weighted by molar-refractivity contribution is 4.81. The Kier molecular flexibility index (Phi) is 28.4. The van der Waals surface area contributed by atoms with Gasteiger partial charge in [0.1, 0.15) is 6.33 Å². The second-order valence-electron chi connectivity index (χ2n) is 13.0. The molecule has 0 unspecified atom stereocenters. The minimum Gasteiger partial charge on any atom is -0.284 e. The van der Waals surface area contributed by atoms with E-state index in [0.29, 0.717) is 0 Å². The van der Waals surface area contributed by atoms with Crippen LogP contribution in [0.25, 0.3) is 0 Å². The standard InChI is InChI=1S/C37H74N4/c1-4-7-10-13-16-19-21-24-27-30-33-40(34-31-28-25-22-20-17-14-11-8-5-2)36-41-35-38-37(39-41)32-29-26-23-18-15-12-9-6-3/h35H,4-34,36H2,1-3H3. The van der Waals surface area contributed by atoms with Gasteiger partial charge in [0.15, 0.2) is 5.82 Å². The summed E-state index contributed by atoms with van der Waals surface area (Å²) in [7, 11) is 0. The molecule has 0 aliphatic rings. The monoisotopic (exact) mass is 575 g/mol. The van der Waals surface area contributed by atoms with Crippen molar-refractivity contribution in [3.8, 4) is 0 Å². The topological polar surface area (TPSA) is 34.0 Å². The third-order valence-corrected chi connectivity index (χ3v) is 8.84. The van der Waals surface area contributed by atoms with Gasteiger partial charge in [-0.1, -0.05) is 181 Å². The number of nitrogens with zero attached hydrogens (tertiary/aromatic N) is 4. The van der Waals surface area contributed by atoms with E-state index in [-0.39, 0.29) is 0 Å². The zero-order chi connectivity index (χ0) is 29.5. The predicted molar refractivity (Wildman–Crippen MR) is 182 cm³/mol. The molecule has 242 valence electrons. The molecule has 0 fully saturated rings. The molecule has 1 aromatic rings. The SMILES string of the molecule is CCCCCCCCCCCCN(CCCCCCCCCCCC)Cn1cnc(CCCCCCCCCC)n1. The third-order valence-electron chi connectivity index (χ3n) is 8.84. The van der Waals surface area contributed by atoms with E-state index in [1.54, 1.807) is 0 Å². The molecule has 0 atom stereocenters. The van der Waals surface area contributed by atoms with Crippen molar-refractivity contribution in [2.24, 2.45) is 0 Å². The summed E-state index contributed by atoms with van der Waals surface area (Å²) >= 11 is 0. The molecular formula is C37H74N4. The van der Waals surface area contributed by atoms with Gasteiger partial charge in [-0.3, -0.25) is 4.90 Å². The Bertz CT molecular complexity index is 604. The average molecular weight is 575 g/mol. The van der Waals surface area contributed by atoms with Gasteiger partial charge in [-0.25, -0.2) is 9.67 Å². The molecule has 41 heavy (non-hydrogen) atoms. The number of aryl methyl sites for hydroxylation is 1. The molecule has 4 nitrogen and oxygen atoms in total. The first-order chi connectivity index (χ1) is 20.3. The van der Waals surface area contributed by atoms with Crippen molar-refractivity contribution < 1.29 is 0 Å². The Morgan fingerprint density at radius 1 is 0.463 bits per heavy atom. The van der Waals surface area contributed by atoms with Gasteiger partial charge in [-0.15, -0.1) is 0 Å². The molecule has 1 rings (SSSR count). The van der Waals surface area contributed by atoms with Crippen LogP contribution in [0.5, 0.6) is 0 Å². The van der Waals surface area contributed by atoms with Crippen LogP contribution in [0.15, 0.2) is 6.33 Å². The maximum absolute atomic E-state index is 4.87. The van der Waals surface area contributed by atoms with Crippen molar-refractivity contribution in [1.29, 1.82) is 0 Å². The van der Waals surface area contributed by atoms with E-state index >= 15 is 0 Å². The maximum Gasteiger partial charge on any atom is 0.150 e. The smallest absolute Gasteiger partial charge is 0.150 e. The van der Waals surface area contributed by atoms with Gasteiger partial charge < -0.3 is 0 Å². The largest absolute Gasteiger partial charge is 0.284 e. The first-order valence-corrected chi connectivity index (χ1v) is 18.9. The summed E-state index contributed by atoms with van der Waals surface area (Å²) < 4.78 is 2.12. The van der Waals surface area contributed by atoms with Gasteiger partial charge in [0, 0.05) is 6.42 Å². The lowest BCUT2D eigenvalue weighted by Crippen LogP contribution is -2.29. The van der Waals surface area contributed by atoms with Crippen molar-refractivity contribution in [3.63, 3.8) is 0 Å². The van der Waals surface area contributed by atoms with Crippen molar-refractivity contribution in [3.05, 3.63) is 12.2 Å². The molecule has 0 aromatic carbocycles. The minimum absolute atomic E-state index is 0.916. The quantitative estimate of drug-likeness (QED) is 0.0783. The van der Waals surface area contributed by atoms with Crippen LogP contribution in [-0.4, -0.2) is 32.8 Å². The number of aromatic nitrogens is 3. The Labute approximate surface area is 258 Å². The number of rotatable bonds is 33. The van der Waals surface area contributed by atoms with Gasteiger partial charge in [-0.2, -0.15) is 5.10 Å². The highest BCUT2D eigenvalue weighted by Crippen LogP contribution is 2.14. The lowest BCUT2D eigenvalue weighted by molar-refractivity contribution is 0.197. The second kappa shape index (κ2) is 30.6. The summed E-state index contributed by atoms with van der Waals surface area (Å²) in [5.41, 5.74) is 0. The van der Waals surface area contributed by atoms with Crippen LogP contribution in [0.2, 0.25) is 0 Å². The summed E-state index contributed by atoms with van der Waals surface area (Å²) in [5.74, 6) is 1.05. The van der Waals surface area contributed by atoms with Gasteiger partial charge in [-0.05, 0) is 32.4 Å². The lowest BCUT2D eigenvalue weighted by atomic mass is 10.1. The summed E-state index contributed by atoms with van der Waals surface area (Å²) in [6, 6.07) is 0. The summed E-state index contributed by atoms with van der Waals surface area (Å²) in [6.07, 6.45) is 42.1. The van der Waals surface area contributed by atoms with E-state index in [9.17, 15) is 0 Å². The number of hydrogen-bond acceptors (Lipinski definition) is 3. The molecular weight excluding hydrogens is 500 g/mol. The third kappa shape index (κ3) is 25.3. The van der Waals surface area contributed by atoms with Gasteiger partial charge in [0.25, 0.3) is 0 Å². The first kappa shape index (κ1) is 38.1. The predicted octanol–water partition coefficient (Wildman–Crippen LogP) is 12.1. The van der Waals surface area contributed by atoms with Crippen LogP contribution in [0.1, 0.15) is 206 Å². The first-order valence-electron chi connectivity index (χ1n) is 18.9. The molecule has 0 saturated carbocycles. The second-order valence-corrected chi connectivity index (χ2v) is 13.0. The molecule has 1 aromatic heterocycles. The van der Waals surface area contributed by atoms with E-state index in [0.717, 1.165) is 18.9 Å². The fourth-order valence-electron chi connectivity index (χ4n) is 6.04. The summed E-state index contributed by atoms with van der Waals surface area (Å²) in [6.45, 7) is 10.2. The van der Waals surface area contributed by atoms with Crippen LogP contribution in [0, 0.1) is 0 Å². The molecule has 0 saturated heterocycles. The number of hydrogen-bond donors (Lipinski definition) is 0. The Hall–Kier alpha value is -0.900. The molecule has 0 bridgehead atoms.